The van der Waals surface area contributed by atoms with E-state index in [0.717, 1.165) is 19.6 Å². The van der Waals surface area contributed by atoms with Crippen molar-refractivity contribution in [2.24, 2.45) is 16.8 Å². The highest BCUT2D eigenvalue weighted by molar-refractivity contribution is 7.17. The van der Waals surface area contributed by atoms with Gasteiger partial charge >= 0.3 is 0 Å². The van der Waals surface area contributed by atoms with Gasteiger partial charge in [-0.1, -0.05) is 37.2 Å². The van der Waals surface area contributed by atoms with E-state index in [1.807, 2.05) is 6.92 Å². The Kier molecular flexibility index (Phi) is 4.98. The van der Waals surface area contributed by atoms with Crippen LogP contribution in [-0.4, -0.2) is 29.0 Å². The lowest BCUT2D eigenvalue weighted by molar-refractivity contribution is 0.258. The van der Waals surface area contributed by atoms with Crippen molar-refractivity contribution < 1.29 is 5.21 Å². The first-order valence-corrected chi connectivity index (χ1v) is 7.68. The largest absolute Gasteiger partial charge is 0.409 e. The highest BCUT2D eigenvalue weighted by atomic mass is 32.1. The number of rotatable bonds is 6. The predicted octanol–water partition coefficient (Wildman–Crippen LogP) is 3.11. The van der Waals surface area contributed by atoms with Gasteiger partial charge in [-0.3, -0.25) is 4.90 Å². The molecule has 108 valence electrons. The fourth-order valence-electron chi connectivity index (χ4n) is 2.28. The molecule has 4 nitrogen and oxygen atoms in total. The van der Waals surface area contributed by atoms with Gasteiger partial charge in [0.05, 0.1) is 0 Å². The predicted molar refractivity (Wildman–Crippen MR) is 85.3 cm³/mol. The normalized spacial score (nSPS) is 14.1. The number of nitrogens with zero attached hydrogens (tertiary/aromatic N) is 2. The summed E-state index contributed by atoms with van der Waals surface area (Å²) >= 11 is 1.78. The summed E-state index contributed by atoms with van der Waals surface area (Å²) in [5.41, 5.74) is 7.01. The Balaban J connectivity index is 2.10. The van der Waals surface area contributed by atoms with Crippen LogP contribution in [0, 0.1) is 5.92 Å². The summed E-state index contributed by atoms with van der Waals surface area (Å²) in [5.74, 6) is 0.337. The second-order valence-electron chi connectivity index (χ2n) is 5.01. The molecule has 2 aromatic rings. The van der Waals surface area contributed by atoms with Gasteiger partial charge in [0.15, 0.2) is 0 Å². The SMILES string of the molecule is CCN(Cc1csc2ccccc12)CC(C)C(N)=NO. The smallest absolute Gasteiger partial charge is 0.143 e. The van der Waals surface area contributed by atoms with Gasteiger partial charge in [-0.25, -0.2) is 0 Å². The van der Waals surface area contributed by atoms with Crippen LogP contribution in [0.15, 0.2) is 34.8 Å². The van der Waals surface area contributed by atoms with Crippen molar-refractivity contribution in [1.82, 2.24) is 4.90 Å². The van der Waals surface area contributed by atoms with E-state index in [0.29, 0.717) is 5.84 Å². The van der Waals surface area contributed by atoms with Crippen LogP contribution >= 0.6 is 11.3 Å². The number of oxime groups is 1. The summed E-state index contributed by atoms with van der Waals surface area (Å²) < 4.78 is 1.32. The minimum atomic E-state index is 0.0462. The van der Waals surface area contributed by atoms with E-state index in [2.05, 4.69) is 46.6 Å². The second kappa shape index (κ2) is 6.72. The van der Waals surface area contributed by atoms with Crippen LogP contribution < -0.4 is 5.73 Å². The standard InChI is InChI=1S/C15H21N3OS/c1-3-18(8-11(2)15(16)17-19)9-12-10-20-14-7-5-4-6-13(12)14/h4-7,10-11,19H,3,8-9H2,1-2H3,(H2,16,17). The molecule has 0 aliphatic rings. The average molecular weight is 291 g/mol. The first-order valence-electron chi connectivity index (χ1n) is 6.80. The molecule has 0 amide bonds. The van der Waals surface area contributed by atoms with E-state index in [-0.39, 0.29) is 5.92 Å². The Morgan fingerprint density at radius 3 is 2.90 bits per heavy atom. The van der Waals surface area contributed by atoms with E-state index in [9.17, 15) is 0 Å². The topological polar surface area (TPSA) is 61.8 Å². The Labute approximate surface area is 123 Å². The number of hydrogen-bond acceptors (Lipinski definition) is 4. The minimum absolute atomic E-state index is 0.0462. The van der Waals surface area contributed by atoms with Gasteiger partial charge in [-0.15, -0.1) is 11.3 Å². The molecule has 20 heavy (non-hydrogen) atoms. The molecule has 3 N–H and O–H groups in total. The highest BCUT2D eigenvalue weighted by Gasteiger charge is 2.14. The molecule has 2 rings (SSSR count). The van der Waals surface area contributed by atoms with Gasteiger partial charge in [-0.2, -0.15) is 0 Å². The van der Waals surface area contributed by atoms with E-state index >= 15 is 0 Å². The third-order valence-electron chi connectivity index (χ3n) is 3.55. The van der Waals surface area contributed by atoms with Gasteiger partial charge in [0.1, 0.15) is 5.84 Å². The fourth-order valence-corrected chi connectivity index (χ4v) is 3.23. The number of amidine groups is 1. The Hall–Kier alpha value is -1.59. The number of nitrogens with two attached hydrogens (primary N) is 1. The molecule has 1 heterocycles. The number of hydrogen-bond donors (Lipinski definition) is 2. The van der Waals surface area contributed by atoms with Crippen molar-refractivity contribution in [2.75, 3.05) is 13.1 Å². The summed E-state index contributed by atoms with van der Waals surface area (Å²) in [7, 11) is 0. The Morgan fingerprint density at radius 1 is 1.45 bits per heavy atom. The monoisotopic (exact) mass is 291 g/mol. The molecule has 1 aromatic carbocycles. The maximum absolute atomic E-state index is 8.73. The third-order valence-corrected chi connectivity index (χ3v) is 4.57. The summed E-state index contributed by atoms with van der Waals surface area (Å²) in [4.78, 5) is 2.32. The van der Waals surface area contributed by atoms with Gasteiger partial charge < -0.3 is 10.9 Å². The maximum atomic E-state index is 8.73. The van der Waals surface area contributed by atoms with E-state index in [1.54, 1.807) is 11.3 Å². The molecule has 5 heteroatoms. The Morgan fingerprint density at radius 2 is 2.20 bits per heavy atom. The molecule has 0 saturated carbocycles. The van der Waals surface area contributed by atoms with Crippen molar-refractivity contribution in [3.63, 3.8) is 0 Å². The molecule has 0 fully saturated rings. The van der Waals surface area contributed by atoms with Crippen LogP contribution in [0.5, 0.6) is 0 Å². The molecule has 0 radical (unpaired) electrons. The van der Waals surface area contributed by atoms with Crippen LogP contribution in [-0.2, 0) is 6.54 Å². The summed E-state index contributed by atoms with van der Waals surface area (Å²) in [6, 6.07) is 8.47. The fraction of sp³-hybridized carbons (Fsp3) is 0.400. The van der Waals surface area contributed by atoms with Crippen molar-refractivity contribution in [3.8, 4) is 0 Å². The zero-order valence-corrected chi connectivity index (χ0v) is 12.7. The number of benzene rings is 1. The minimum Gasteiger partial charge on any atom is -0.409 e. The first-order chi connectivity index (χ1) is 9.65. The van der Waals surface area contributed by atoms with Crippen molar-refractivity contribution in [3.05, 3.63) is 35.2 Å². The third kappa shape index (κ3) is 3.29. The van der Waals surface area contributed by atoms with Gasteiger partial charge in [0.25, 0.3) is 0 Å². The van der Waals surface area contributed by atoms with Crippen molar-refractivity contribution >= 4 is 27.3 Å². The van der Waals surface area contributed by atoms with Gasteiger partial charge in [0, 0.05) is 23.7 Å². The van der Waals surface area contributed by atoms with E-state index in [4.69, 9.17) is 10.9 Å². The molecular formula is C15H21N3OS. The van der Waals surface area contributed by atoms with E-state index in [1.165, 1.54) is 15.6 Å². The van der Waals surface area contributed by atoms with Crippen LogP contribution in [0.25, 0.3) is 10.1 Å². The molecule has 1 atom stereocenters. The second-order valence-corrected chi connectivity index (χ2v) is 5.92. The lowest BCUT2D eigenvalue weighted by atomic mass is 10.1. The number of thiophene rings is 1. The molecule has 1 aromatic heterocycles. The molecule has 0 bridgehead atoms. The Bertz CT molecular complexity index is 594. The van der Waals surface area contributed by atoms with Gasteiger partial charge in [0.2, 0.25) is 0 Å². The van der Waals surface area contributed by atoms with E-state index < -0.39 is 0 Å². The molecule has 0 aliphatic heterocycles. The van der Waals surface area contributed by atoms with Crippen molar-refractivity contribution in [1.29, 1.82) is 0 Å². The van der Waals surface area contributed by atoms with Gasteiger partial charge in [-0.05, 0) is 28.9 Å². The molecule has 0 saturated heterocycles. The van der Waals surface area contributed by atoms with Crippen LogP contribution in [0.3, 0.4) is 0 Å². The highest BCUT2D eigenvalue weighted by Crippen LogP contribution is 2.26. The number of fused-ring (bicyclic) bond motifs is 1. The molecule has 0 spiro atoms. The van der Waals surface area contributed by atoms with Crippen LogP contribution in [0.4, 0.5) is 0 Å². The average Bonchev–Trinajstić information content (AvgIpc) is 2.88. The first kappa shape index (κ1) is 14.8. The summed E-state index contributed by atoms with van der Waals surface area (Å²) in [6.07, 6.45) is 0. The lowest BCUT2D eigenvalue weighted by Crippen LogP contribution is -2.34. The van der Waals surface area contributed by atoms with Crippen LogP contribution in [0.2, 0.25) is 0 Å². The summed E-state index contributed by atoms with van der Waals surface area (Å²) in [6.45, 7) is 6.73. The quantitative estimate of drug-likeness (QED) is 0.372. The molecule has 1 unspecified atom stereocenters. The summed E-state index contributed by atoms with van der Waals surface area (Å²) in [5, 5.41) is 15.4. The molecule has 0 aliphatic carbocycles. The zero-order chi connectivity index (χ0) is 14.5. The molecular weight excluding hydrogens is 270 g/mol. The van der Waals surface area contributed by atoms with Crippen molar-refractivity contribution in [2.45, 2.75) is 20.4 Å². The maximum Gasteiger partial charge on any atom is 0.143 e. The van der Waals surface area contributed by atoms with Crippen LogP contribution in [0.1, 0.15) is 19.4 Å². The zero-order valence-electron chi connectivity index (χ0n) is 11.9. The lowest BCUT2D eigenvalue weighted by Gasteiger charge is -2.23.